The summed E-state index contributed by atoms with van der Waals surface area (Å²) in [5.74, 6) is 2.02. The van der Waals surface area contributed by atoms with Gasteiger partial charge in [-0.3, -0.25) is 9.59 Å². The van der Waals surface area contributed by atoms with Crippen LogP contribution in [0.1, 0.15) is 240 Å². The molecule has 1 aliphatic heterocycles. The van der Waals surface area contributed by atoms with Crippen molar-refractivity contribution in [3.8, 4) is 0 Å². The van der Waals surface area contributed by atoms with E-state index < -0.39 is 0 Å². The number of piperidine rings is 1. The minimum absolute atomic E-state index is 0.0212. The average molecular weight is 777 g/mol. The van der Waals surface area contributed by atoms with Crippen molar-refractivity contribution in [1.82, 2.24) is 10.2 Å². The fourth-order valence-corrected chi connectivity index (χ4v) is 8.41. The molecule has 0 radical (unpaired) electrons. The molecule has 1 N–H and O–H groups in total. The standard InChI is InChI=1S/C49H96N2O4/c1-5-9-13-23-31-46(29-21-11-7-3)43-54-48(52)33-25-17-15-19-27-40-51(42-37-45-35-38-50-39-36-45)41-28-20-16-18-26-34-49(53)55-44-47(30-22-12-8-4)32-24-14-10-6-2/h45-47,50H,5-44H2,1-4H3. The van der Waals surface area contributed by atoms with E-state index in [0.29, 0.717) is 37.9 Å². The monoisotopic (exact) mass is 777 g/mol. The van der Waals surface area contributed by atoms with Crippen molar-refractivity contribution in [3.05, 3.63) is 0 Å². The van der Waals surface area contributed by atoms with E-state index in [0.717, 1.165) is 31.6 Å². The Hall–Kier alpha value is -1.14. The molecule has 0 aromatic heterocycles. The van der Waals surface area contributed by atoms with Crippen molar-refractivity contribution in [2.75, 3.05) is 45.9 Å². The molecule has 1 saturated heterocycles. The molecular formula is C49H96N2O4. The zero-order valence-electron chi connectivity index (χ0n) is 37.6. The van der Waals surface area contributed by atoms with Gasteiger partial charge in [0, 0.05) is 12.8 Å². The minimum atomic E-state index is 0.0212. The van der Waals surface area contributed by atoms with Crippen LogP contribution in [0.25, 0.3) is 0 Å². The van der Waals surface area contributed by atoms with E-state index in [2.05, 4.69) is 37.9 Å². The second-order valence-corrected chi connectivity index (χ2v) is 17.6. The molecular weight excluding hydrogens is 681 g/mol. The van der Waals surface area contributed by atoms with Crippen LogP contribution < -0.4 is 5.32 Å². The van der Waals surface area contributed by atoms with Crippen molar-refractivity contribution in [1.29, 1.82) is 0 Å². The van der Waals surface area contributed by atoms with Crippen LogP contribution in [-0.2, 0) is 19.1 Å². The van der Waals surface area contributed by atoms with Gasteiger partial charge in [0.2, 0.25) is 0 Å². The lowest BCUT2D eigenvalue weighted by Gasteiger charge is -2.27. The highest BCUT2D eigenvalue weighted by molar-refractivity contribution is 5.69. The molecule has 0 aliphatic carbocycles. The molecule has 0 amide bonds. The summed E-state index contributed by atoms with van der Waals surface area (Å²) in [5, 5.41) is 3.53. The summed E-state index contributed by atoms with van der Waals surface area (Å²) in [6, 6.07) is 0. The van der Waals surface area contributed by atoms with Crippen molar-refractivity contribution < 1.29 is 19.1 Å². The van der Waals surface area contributed by atoms with Crippen LogP contribution in [0.3, 0.4) is 0 Å². The van der Waals surface area contributed by atoms with E-state index in [9.17, 15) is 9.59 Å². The molecule has 0 aromatic carbocycles. The summed E-state index contributed by atoms with van der Waals surface area (Å²) in [6.45, 7) is 16.3. The van der Waals surface area contributed by atoms with Gasteiger partial charge in [-0.05, 0) is 121 Å². The molecule has 0 saturated carbocycles. The van der Waals surface area contributed by atoms with E-state index in [-0.39, 0.29) is 11.9 Å². The van der Waals surface area contributed by atoms with Gasteiger partial charge in [-0.2, -0.15) is 0 Å². The Labute approximate surface area is 343 Å². The van der Waals surface area contributed by atoms with Crippen LogP contribution in [0.5, 0.6) is 0 Å². The Balaban J connectivity index is 2.26. The molecule has 0 aromatic rings. The van der Waals surface area contributed by atoms with Crippen molar-refractivity contribution >= 4 is 11.9 Å². The molecule has 1 fully saturated rings. The average Bonchev–Trinajstić information content (AvgIpc) is 3.20. The number of hydrogen-bond acceptors (Lipinski definition) is 6. The van der Waals surface area contributed by atoms with Crippen LogP contribution in [0.2, 0.25) is 0 Å². The largest absolute Gasteiger partial charge is 0.465 e. The summed E-state index contributed by atoms with van der Waals surface area (Å²) >= 11 is 0. The molecule has 6 nitrogen and oxygen atoms in total. The van der Waals surface area contributed by atoms with E-state index in [1.165, 1.54) is 206 Å². The third-order valence-electron chi connectivity index (χ3n) is 12.3. The first-order valence-corrected chi connectivity index (χ1v) is 24.8. The number of carbonyl (C=O) groups is 2. The lowest BCUT2D eigenvalue weighted by Crippen LogP contribution is -2.32. The van der Waals surface area contributed by atoms with Crippen molar-refractivity contribution in [3.63, 3.8) is 0 Å². The van der Waals surface area contributed by atoms with Gasteiger partial charge in [-0.25, -0.2) is 0 Å². The number of hydrogen-bond donors (Lipinski definition) is 1. The molecule has 1 rings (SSSR count). The number of rotatable bonds is 41. The number of ether oxygens (including phenoxy) is 2. The van der Waals surface area contributed by atoms with Gasteiger partial charge in [0.15, 0.2) is 0 Å². The molecule has 6 heteroatoms. The van der Waals surface area contributed by atoms with E-state index >= 15 is 0 Å². The van der Waals surface area contributed by atoms with Gasteiger partial charge in [0.1, 0.15) is 0 Å². The molecule has 0 bridgehead atoms. The molecule has 2 unspecified atom stereocenters. The maximum absolute atomic E-state index is 12.5. The summed E-state index contributed by atoms with van der Waals surface area (Å²) < 4.78 is 11.6. The molecule has 2 atom stereocenters. The van der Waals surface area contributed by atoms with Gasteiger partial charge in [-0.15, -0.1) is 0 Å². The first kappa shape index (κ1) is 51.9. The highest BCUT2D eigenvalue weighted by atomic mass is 16.5. The zero-order valence-corrected chi connectivity index (χ0v) is 37.6. The molecule has 55 heavy (non-hydrogen) atoms. The van der Waals surface area contributed by atoms with Gasteiger partial charge >= 0.3 is 11.9 Å². The van der Waals surface area contributed by atoms with Gasteiger partial charge < -0.3 is 19.7 Å². The van der Waals surface area contributed by atoms with Crippen molar-refractivity contribution in [2.45, 2.75) is 240 Å². The van der Waals surface area contributed by atoms with Crippen LogP contribution in [0.15, 0.2) is 0 Å². The number of esters is 2. The number of nitrogens with zero attached hydrogens (tertiary/aromatic N) is 1. The van der Waals surface area contributed by atoms with Gasteiger partial charge in [0.05, 0.1) is 13.2 Å². The third-order valence-corrected chi connectivity index (χ3v) is 12.3. The highest BCUT2D eigenvalue weighted by Crippen LogP contribution is 2.21. The van der Waals surface area contributed by atoms with Gasteiger partial charge in [0.25, 0.3) is 0 Å². The summed E-state index contributed by atoms with van der Waals surface area (Å²) in [5.41, 5.74) is 0. The number of unbranched alkanes of at least 4 members (excludes halogenated alkanes) is 18. The minimum Gasteiger partial charge on any atom is -0.465 e. The first-order valence-electron chi connectivity index (χ1n) is 24.8. The van der Waals surface area contributed by atoms with E-state index in [1.807, 2.05) is 0 Å². The summed E-state index contributed by atoms with van der Waals surface area (Å²) in [6.07, 6.45) is 39.6. The van der Waals surface area contributed by atoms with E-state index in [1.54, 1.807) is 0 Å². The predicted octanol–water partition coefficient (Wildman–Crippen LogP) is 13.8. The fraction of sp³-hybridized carbons (Fsp3) is 0.959. The van der Waals surface area contributed by atoms with Crippen LogP contribution in [-0.4, -0.2) is 62.8 Å². The lowest BCUT2D eigenvalue weighted by molar-refractivity contribution is -0.146. The topological polar surface area (TPSA) is 67.9 Å². The maximum Gasteiger partial charge on any atom is 0.305 e. The first-order chi connectivity index (χ1) is 27.0. The summed E-state index contributed by atoms with van der Waals surface area (Å²) in [4.78, 5) is 27.8. The third kappa shape index (κ3) is 33.5. The molecule has 1 aliphatic rings. The predicted molar refractivity (Wildman–Crippen MR) is 237 cm³/mol. The van der Waals surface area contributed by atoms with E-state index in [4.69, 9.17) is 9.47 Å². The Morgan fingerprint density at radius 1 is 0.491 bits per heavy atom. The van der Waals surface area contributed by atoms with Crippen molar-refractivity contribution in [2.24, 2.45) is 17.8 Å². The molecule has 326 valence electrons. The number of carbonyl (C=O) groups excluding carboxylic acids is 2. The smallest absolute Gasteiger partial charge is 0.305 e. The van der Waals surface area contributed by atoms with Gasteiger partial charge in [-0.1, -0.05) is 156 Å². The van der Waals surface area contributed by atoms with Crippen LogP contribution in [0, 0.1) is 17.8 Å². The Bertz CT molecular complexity index is 776. The quantitative estimate of drug-likeness (QED) is 0.0493. The number of nitrogens with one attached hydrogen (secondary N) is 1. The second-order valence-electron chi connectivity index (χ2n) is 17.6. The van der Waals surface area contributed by atoms with Crippen LogP contribution >= 0.6 is 0 Å². The highest BCUT2D eigenvalue weighted by Gasteiger charge is 2.16. The second kappa shape index (κ2) is 39.7. The zero-order chi connectivity index (χ0) is 39.9. The van der Waals surface area contributed by atoms with Crippen LogP contribution in [0.4, 0.5) is 0 Å². The molecule has 1 heterocycles. The maximum atomic E-state index is 12.5. The lowest BCUT2D eigenvalue weighted by atomic mass is 9.94. The molecule has 0 spiro atoms. The Kier molecular flexibility index (Phi) is 37.4. The summed E-state index contributed by atoms with van der Waals surface area (Å²) in [7, 11) is 0. The Morgan fingerprint density at radius 3 is 1.29 bits per heavy atom. The normalized spacial score (nSPS) is 14.7. The SMILES string of the molecule is CCCCCCC(CCCCC)COC(=O)CCCCCCCN(CCCCCCCC(=O)OCC(CCCCC)CCCCCC)CCC1CCNCC1. The Morgan fingerprint density at radius 2 is 0.855 bits per heavy atom. The fourth-order valence-electron chi connectivity index (χ4n) is 8.41.